The van der Waals surface area contributed by atoms with Gasteiger partial charge in [-0.15, -0.1) is 0 Å². The van der Waals surface area contributed by atoms with Crippen LogP contribution in [0.15, 0.2) is 66.7 Å². The number of amides is 1. The predicted octanol–water partition coefficient (Wildman–Crippen LogP) is 6.71. The fourth-order valence-electron chi connectivity index (χ4n) is 7.85. The molecule has 2 aliphatic carbocycles. The van der Waals surface area contributed by atoms with Crippen LogP contribution in [0, 0.1) is 17.8 Å². The van der Waals surface area contributed by atoms with Gasteiger partial charge in [0.15, 0.2) is 0 Å². The van der Waals surface area contributed by atoms with Crippen molar-refractivity contribution in [1.82, 2.24) is 9.80 Å². The Labute approximate surface area is 256 Å². The fourth-order valence-corrected chi connectivity index (χ4v) is 7.85. The summed E-state index contributed by atoms with van der Waals surface area (Å²) in [5, 5.41) is 2.19. The Hall–Kier alpha value is -3.38. The molecule has 0 bridgehead atoms. The highest BCUT2D eigenvalue weighted by atomic mass is 16.5. The second-order valence-electron chi connectivity index (χ2n) is 13.6. The molecule has 0 radical (unpaired) electrons. The number of piperidine rings is 1. The van der Waals surface area contributed by atoms with Crippen LogP contribution in [0.25, 0.3) is 10.8 Å². The molecular formula is C37H46N2O4. The van der Waals surface area contributed by atoms with Crippen LogP contribution >= 0.6 is 0 Å². The van der Waals surface area contributed by atoms with E-state index < -0.39 is 0 Å². The van der Waals surface area contributed by atoms with Crippen molar-refractivity contribution in [3.05, 3.63) is 77.9 Å². The molecule has 6 nitrogen and oxygen atoms in total. The van der Waals surface area contributed by atoms with Crippen molar-refractivity contribution in [3.63, 3.8) is 0 Å². The smallest absolute Gasteiger partial charge is 0.302 e. The van der Waals surface area contributed by atoms with Gasteiger partial charge in [0.2, 0.25) is 0 Å². The molecule has 0 aromatic heterocycles. The number of esters is 1. The third kappa shape index (κ3) is 6.31. The van der Waals surface area contributed by atoms with Crippen molar-refractivity contribution in [1.29, 1.82) is 0 Å². The van der Waals surface area contributed by atoms with Gasteiger partial charge in [-0.25, -0.2) is 0 Å². The van der Waals surface area contributed by atoms with Gasteiger partial charge in [0.05, 0.1) is 7.11 Å². The normalized spacial score (nSPS) is 25.7. The lowest BCUT2D eigenvalue weighted by molar-refractivity contribution is -0.159. The van der Waals surface area contributed by atoms with E-state index >= 15 is 0 Å². The molecule has 1 heterocycles. The average molecular weight is 583 g/mol. The Morgan fingerprint density at radius 3 is 2.53 bits per heavy atom. The maximum Gasteiger partial charge on any atom is 0.302 e. The van der Waals surface area contributed by atoms with Gasteiger partial charge >= 0.3 is 5.97 Å². The first-order valence-electron chi connectivity index (χ1n) is 16.1. The number of rotatable bonds is 9. The lowest BCUT2D eigenvalue weighted by Crippen LogP contribution is -2.62. The van der Waals surface area contributed by atoms with Crippen LogP contribution in [0.1, 0.15) is 68.8 Å². The van der Waals surface area contributed by atoms with Gasteiger partial charge in [-0.3, -0.25) is 9.59 Å². The second kappa shape index (κ2) is 12.3. The summed E-state index contributed by atoms with van der Waals surface area (Å²) >= 11 is 0. The number of methoxy groups -OCH3 is 1. The van der Waals surface area contributed by atoms with Gasteiger partial charge in [-0.1, -0.05) is 56.3 Å². The largest absolute Gasteiger partial charge is 0.497 e. The number of hydrogen-bond acceptors (Lipinski definition) is 5. The second-order valence-corrected chi connectivity index (χ2v) is 13.6. The van der Waals surface area contributed by atoms with Crippen LogP contribution in [0.4, 0.5) is 0 Å². The van der Waals surface area contributed by atoms with Gasteiger partial charge in [-0.05, 0) is 84.7 Å². The molecule has 6 rings (SSSR count). The SMILES string of the molecule is COc1cccc([C@@]23CCN(CC4CC4)C[C@H]2C(OC(C)=O)C[C@H](N(CC(C)C)C(=O)c2ccc4ccccc4c2)C3)c1. The number of fused-ring (bicyclic) bond motifs is 2. The van der Waals surface area contributed by atoms with Crippen LogP contribution < -0.4 is 4.74 Å². The molecule has 3 aromatic carbocycles. The minimum Gasteiger partial charge on any atom is -0.497 e. The van der Waals surface area contributed by atoms with E-state index in [1.54, 1.807) is 7.11 Å². The van der Waals surface area contributed by atoms with Gasteiger partial charge in [0.1, 0.15) is 11.9 Å². The van der Waals surface area contributed by atoms with Crippen molar-refractivity contribution in [2.24, 2.45) is 17.8 Å². The molecule has 1 unspecified atom stereocenters. The third-order valence-corrected chi connectivity index (χ3v) is 10.0. The molecule has 0 spiro atoms. The average Bonchev–Trinajstić information content (AvgIpc) is 3.83. The molecule has 1 amide bonds. The Kier molecular flexibility index (Phi) is 8.50. The maximum absolute atomic E-state index is 14.4. The summed E-state index contributed by atoms with van der Waals surface area (Å²) in [5.74, 6) is 1.88. The van der Waals surface area contributed by atoms with Crippen molar-refractivity contribution in [2.75, 3.05) is 33.3 Å². The van der Waals surface area contributed by atoms with E-state index in [4.69, 9.17) is 9.47 Å². The molecule has 3 fully saturated rings. The molecule has 43 heavy (non-hydrogen) atoms. The first-order chi connectivity index (χ1) is 20.8. The number of likely N-dealkylation sites (tertiary alicyclic amines) is 1. The molecule has 3 aliphatic rings. The van der Waals surface area contributed by atoms with Crippen molar-refractivity contribution in [2.45, 2.75) is 70.4 Å². The minimum atomic E-state index is -0.275. The van der Waals surface area contributed by atoms with Crippen molar-refractivity contribution in [3.8, 4) is 5.75 Å². The molecule has 2 saturated carbocycles. The number of benzene rings is 3. The third-order valence-electron chi connectivity index (χ3n) is 10.0. The van der Waals surface area contributed by atoms with Gasteiger partial charge in [-0.2, -0.15) is 0 Å². The summed E-state index contributed by atoms with van der Waals surface area (Å²) in [6.45, 7) is 9.55. The number of hydrogen-bond donors (Lipinski definition) is 0. The highest BCUT2D eigenvalue weighted by Crippen LogP contribution is 2.52. The van der Waals surface area contributed by atoms with E-state index in [2.05, 4.69) is 54.0 Å². The Morgan fingerprint density at radius 2 is 1.81 bits per heavy atom. The van der Waals surface area contributed by atoms with E-state index in [0.29, 0.717) is 24.4 Å². The fraction of sp³-hybridized carbons (Fsp3) is 0.514. The minimum absolute atomic E-state index is 0.0523. The zero-order valence-electron chi connectivity index (χ0n) is 26.1. The van der Waals surface area contributed by atoms with Crippen LogP contribution in [0.3, 0.4) is 0 Å². The van der Waals surface area contributed by atoms with Crippen molar-refractivity contribution >= 4 is 22.6 Å². The number of carbonyl (C=O) groups is 2. The van der Waals surface area contributed by atoms with Crippen LogP contribution in [0.5, 0.6) is 5.75 Å². The monoisotopic (exact) mass is 582 g/mol. The van der Waals surface area contributed by atoms with Crippen LogP contribution in [0.2, 0.25) is 0 Å². The first kappa shape index (κ1) is 29.7. The van der Waals surface area contributed by atoms with E-state index in [1.165, 1.54) is 25.3 Å². The quantitative estimate of drug-likeness (QED) is 0.263. The standard InChI is InChI=1S/C37H46N2O4/c1-25(2)22-39(36(41)30-15-14-28-8-5-6-9-29(28)18-30)32-20-35(43-26(3)40)34-24-38(23-27-12-13-27)17-16-37(34,21-32)31-10-7-11-33(19-31)42-4/h5-11,14-15,18-19,25,27,32,34-35H,12-13,16-17,20-24H2,1-4H3/t32-,34-,35?,37-/m0/s1. The molecule has 0 N–H and O–H groups in total. The molecule has 3 aromatic rings. The molecular weight excluding hydrogens is 536 g/mol. The summed E-state index contributed by atoms with van der Waals surface area (Å²) in [7, 11) is 1.71. The zero-order valence-corrected chi connectivity index (χ0v) is 26.1. The topological polar surface area (TPSA) is 59.1 Å². The Morgan fingerprint density at radius 1 is 1.02 bits per heavy atom. The highest BCUT2D eigenvalue weighted by Gasteiger charge is 2.55. The first-order valence-corrected chi connectivity index (χ1v) is 16.1. The number of ether oxygens (including phenoxy) is 2. The lowest BCUT2D eigenvalue weighted by Gasteiger charge is -2.57. The van der Waals surface area contributed by atoms with E-state index in [1.807, 2.05) is 36.4 Å². The summed E-state index contributed by atoms with van der Waals surface area (Å²) < 4.78 is 11.9. The summed E-state index contributed by atoms with van der Waals surface area (Å²) in [6.07, 6.45) is 4.82. The van der Waals surface area contributed by atoms with Crippen LogP contribution in [-0.2, 0) is 14.9 Å². The van der Waals surface area contributed by atoms with Crippen molar-refractivity contribution < 1.29 is 19.1 Å². The summed E-state index contributed by atoms with van der Waals surface area (Å²) in [6, 6.07) is 22.6. The van der Waals surface area contributed by atoms with E-state index in [-0.39, 0.29) is 35.4 Å². The van der Waals surface area contributed by atoms with Gasteiger partial charge in [0.25, 0.3) is 5.91 Å². The van der Waals surface area contributed by atoms with Gasteiger partial charge < -0.3 is 19.3 Å². The molecule has 1 saturated heterocycles. The summed E-state index contributed by atoms with van der Waals surface area (Å²) in [4.78, 5) is 31.7. The van der Waals surface area contributed by atoms with Gasteiger partial charge in [0, 0.05) is 55.9 Å². The van der Waals surface area contributed by atoms with E-state index in [0.717, 1.165) is 54.9 Å². The summed E-state index contributed by atoms with van der Waals surface area (Å²) in [5.41, 5.74) is 1.70. The highest BCUT2D eigenvalue weighted by molar-refractivity contribution is 5.98. The maximum atomic E-state index is 14.4. The molecule has 228 valence electrons. The Balaban J connectivity index is 1.40. The Bertz CT molecular complexity index is 1470. The lowest BCUT2D eigenvalue weighted by atomic mass is 9.56. The van der Waals surface area contributed by atoms with E-state index in [9.17, 15) is 9.59 Å². The molecule has 4 atom stereocenters. The molecule has 1 aliphatic heterocycles. The number of nitrogens with zero attached hydrogens (tertiary/aromatic N) is 2. The zero-order chi connectivity index (χ0) is 30.1. The van der Waals surface area contributed by atoms with Crippen LogP contribution in [-0.4, -0.2) is 67.1 Å². The number of carbonyl (C=O) groups excluding carboxylic acids is 2. The molecule has 6 heteroatoms. The predicted molar refractivity (Wildman–Crippen MR) is 170 cm³/mol.